The van der Waals surface area contributed by atoms with Gasteiger partial charge >= 0.3 is 0 Å². The molecule has 1 aliphatic rings. The fraction of sp³-hybridized carbons (Fsp3) is 0.174. The molecule has 0 aromatic heterocycles. The predicted octanol–water partition coefficient (Wildman–Crippen LogP) is 4.22. The van der Waals surface area contributed by atoms with E-state index in [4.69, 9.17) is 4.74 Å². The number of carbonyl (C=O) groups is 1. The largest absolute Gasteiger partial charge is 0.487 e. The zero-order chi connectivity index (χ0) is 21.3. The van der Waals surface area contributed by atoms with Crippen molar-refractivity contribution in [2.45, 2.75) is 24.8 Å². The Morgan fingerprint density at radius 1 is 1.03 bits per heavy atom. The minimum Gasteiger partial charge on any atom is -0.487 e. The van der Waals surface area contributed by atoms with Crippen molar-refractivity contribution in [3.63, 3.8) is 0 Å². The lowest BCUT2D eigenvalue weighted by atomic mass is 10.1. The molecular formula is C23H22N2O4S. The van der Waals surface area contributed by atoms with E-state index < -0.39 is 10.0 Å². The van der Waals surface area contributed by atoms with Crippen molar-refractivity contribution in [2.75, 3.05) is 16.2 Å². The Morgan fingerprint density at radius 2 is 1.77 bits per heavy atom. The van der Waals surface area contributed by atoms with E-state index in [9.17, 15) is 13.2 Å². The molecule has 0 fully saturated rings. The van der Waals surface area contributed by atoms with Gasteiger partial charge in [0.25, 0.3) is 15.9 Å². The average molecular weight is 423 g/mol. The van der Waals surface area contributed by atoms with Gasteiger partial charge in [0.05, 0.1) is 17.1 Å². The van der Waals surface area contributed by atoms with Gasteiger partial charge in [0, 0.05) is 11.3 Å². The Labute approximate surface area is 176 Å². The standard InChI is InChI=1S/C23H22N2O4S/c1-16-6-5-7-18(14-16)23(26)24-19-10-12-20(13-11-19)30(27,28)25-15-17(2)29-22-9-4-3-8-21(22)25/h3-14,17H,15H2,1-2H3,(H,24,26)/t17-/m1/s1. The van der Waals surface area contributed by atoms with E-state index in [1.54, 1.807) is 42.5 Å². The van der Waals surface area contributed by atoms with Crippen molar-refractivity contribution in [2.24, 2.45) is 0 Å². The zero-order valence-corrected chi connectivity index (χ0v) is 17.5. The number of nitrogens with one attached hydrogen (secondary N) is 1. The molecule has 0 saturated heterocycles. The van der Waals surface area contributed by atoms with Crippen molar-refractivity contribution in [3.8, 4) is 5.75 Å². The lowest BCUT2D eigenvalue weighted by Crippen LogP contribution is -2.42. The van der Waals surface area contributed by atoms with Crippen LogP contribution >= 0.6 is 0 Å². The molecule has 0 aliphatic carbocycles. The summed E-state index contributed by atoms with van der Waals surface area (Å²) in [6, 6.07) is 20.6. The summed E-state index contributed by atoms with van der Waals surface area (Å²) < 4.78 is 33.7. The van der Waals surface area contributed by atoms with Crippen molar-refractivity contribution in [3.05, 3.63) is 83.9 Å². The van der Waals surface area contributed by atoms with Crippen LogP contribution in [0.15, 0.2) is 77.7 Å². The van der Waals surface area contributed by atoms with Crippen LogP contribution in [0.3, 0.4) is 0 Å². The Bertz CT molecular complexity index is 1190. The van der Waals surface area contributed by atoms with Gasteiger partial charge in [0.2, 0.25) is 0 Å². The van der Waals surface area contributed by atoms with Crippen molar-refractivity contribution < 1.29 is 17.9 Å². The molecule has 0 saturated carbocycles. The summed E-state index contributed by atoms with van der Waals surface area (Å²) in [7, 11) is -3.77. The normalized spacial score (nSPS) is 15.8. The number of aryl methyl sites for hydroxylation is 1. The maximum Gasteiger partial charge on any atom is 0.264 e. The van der Waals surface area contributed by atoms with Crippen molar-refractivity contribution in [1.29, 1.82) is 0 Å². The minimum atomic E-state index is -3.77. The van der Waals surface area contributed by atoms with Gasteiger partial charge in [-0.2, -0.15) is 0 Å². The molecule has 30 heavy (non-hydrogen) atoms. The first kappa shape index (κ1) is 20.0. The second-order valence-corrected chi connectivity index (χ2v) is 9.14. The molecule has 3 aromatic carbocycles. The van der Waals surface area contributed by atoms with Crippen LogP contribution in [0.2, 0.25) is 0 Å². The van der Waals surface area contributed by atoms with Crippen LogP contribution in [-0.4, -0.2) is 27.0 Å². The summed E-state index contributed by atoms with van der Waals surface area (Å²) in [4.78, 5) is 12.6. The monoisotopic (exact) mass is 422 g/mol. The fourth-order valence-corrected chi connectivity index (χ4v) is 4.95. The molecule has 4 rings (SSSR count). The van der Waals surface area contributed by atoms with E-state index in [2.05, 4.69) is 5.32 Å². The Kier molecular flexibility index (Phi) is 5.22. The first-order valence-corrected chi connectivity index (χ1v) is 11.0. The van der Waals surface area contributed by atoms with Crippen LogP contribution in [0, 0.1) is 6.92 Å². The highest BCUT2D eigenvalue weighted by molar-refractivity contribution is 7.92. The van der Waals surface area contributed by atoms with Gasteiger partial charge in [-0.05, 0) is 62.4 Å². The minimum absolute atomic E-state index is 0.153. The summed E-state index contributed by atoms with van der Waals surface area (Å²) in [6.07, 6.45) is -0.262. The summed E-state index contributed by atoms with van der Waals surface area (Å²) in [6.45, 7) is 3.98. The van der Waals surface area contributed by atoms with E-state index >= 15 is 0 Å². The molecular weight excluding hydrogens is 400 g/mol. The second-order valence-electron chi connectivity index (χ2n) is 7.28. The number of ether oxygens (including phenoxy) is 1. The van der Waals surface area contributed by atoms with Crippen LogP contribution in [0.1, 0.15) is 22.8 Å². The maximum absolute atomic E-state index is 13.3. The number of hydrogen-bond acceptors (Lipinski definition) is 4. The summed E-state index contributed by atoms with van der Waals surface area (Å²) >= 11 is 0. The third-order valence-corrected chi connectivity index (χ3v) is 6.66. The molecule has 1 N–H and O–H groups in total. The quantitative estimate of drug-likeness (QED) is 0.683. The first-order chi connectivity index (χ1) is 14.3. The number of amides is 1. The van der Waals surface area contributed by atoms with Crippen LogP contribution in [0.25, 0.3) is 0 Å². The number of para-hydroxylation sites is 2. The van der Waals surface area contributed by atoms with E-state index in [1.165, 1.54) is 16.4 Å². The van der Waals surface area contributed by atoms with Gasteiger partial charge in [0.1, 0.15) is 11.9 Å². The van der Waals surface area contributed by atoms with Crippen LogP contribution < -0.4 is 14.4 Å². The Morgan fingerprint density at radius 3 is 2.50 bits per heavy atom. The predicted molar refractivity (Wildman–Crippen MR) is 117 cm³/mol. The van der Waals surface area contributed by atoms with E-state index in [-0.39, 0.29) is 23.5 Å². The Hall–Kier alpha value is -3.32. The number of hydrogen-bond donors (Lipinski definition) is 1. The van der Waals surface area contributed by atoms with Crippen LogP contribution in [-0.2, 0) is 10.0 Å². The van der Waals surface area contributed by atoms with Crippen LogP contribution in [0.4, 0.5) is 11.4 Å². The first-order valence-electron chi connectivity index (χ1n) is 9.61. The maximum atomic E-state index is 13.3. The molecule has 0 bridgehead atoms. The average Bonchev–Trinajstić information content (AvgIpc) is 2.73. The number of fused-ring (bicyclic) bond motifs is 1. The van der Waals surface area contributed by atoms with Crippen molar-refractivity contribution >= 4 is 27.3 Å². The number of carbonyl (C=O) groups excluding carboxylic acids is 1. The van der Waals surface area contributed by atoms with Gasteiger partial charge in [-0.3, -0.25) is 9.10 Å². The van der Waals surface area contributed by atoms with E-state index in [0.29, 0.717) is 22.7 Å². The molecule has 6 nitrogen and oxygen atoms in total. The van der Waals surface area contributed by atoms with Gasteiger partial charge in [-0.1, -0.05) is 29.8 Å². The summed E-state index contributed by atoms with van der Waals surface area (Å²) in [5.41, 5.74) is 2.58. The van der Waals surface area contributed by atoms with Crippen molar-refractivity contribution in [1.82, 2.24) is 0 Å². The molecule has 1 atom stereocenters. The third-order valence-electron chi connectivity index (χ3n) is 4.87. The van der Waals surface area contributed by atoms with E-state index in [0.717, 1.165) is 5.56 Å². The highest BCUT2D eigenvalue weighted by Crippen LogP contribution is 2.36. The third kappa shape index (κ3) is 3.89. The lowest BCUT2D eigenvalue weighted by Gasteiger charge is -2.34. The molecule has 1 amide bonds. The summed E-state index contributed by atoms with van der Waals surface area (Å²) in [5, 5.41) is 2.80. The smallest absolute Gasteiger partial charge is 0.264 e. The highest BCUT2D eigenvalue weighted by atomic mass is 32.2. The van der Waals surface area contributed by atoms with Gasteiger partial charge in [-0.25, -0.2) is 8.42 Å². The number of nitrogens with zero attached hydrogens (tertiary/aromatic N) is 1. The van der Waals surface area contributed by atoms with Gasteiger partial charge < -0.3 is 10.1 Å². The molecule has 1 heterocycles. The molecule has 0 unspecified atom stereocenters. The molecule has 1 aliphatic heterocycles. The topological polar surface area (TPSA) is 75.7 Å². The SMILES string of the molecule is Cc1cccc(C(=O)Nc2ccc(S(=O)(=O)N3C[C@@H](C)Oc4ccccc43)cc2)c1. The number of sulfonamides is 1. The van der Waals surface area contributed by atoms with Crippen LogP contribution in [0.5, 0.6) is 5.75 Å². The number of anilines is 2. The molecule has 0 radical (unpaired) electrons. The fourth-order valence-electron chi connectivity index (χ4n) is 3.40. The summed E-state index contributed by atoms with van der Waals surface area (Å²) in [5.74, 6) is 0.298. The van der Waals surface area contributed by atoms with E-state index in [1.807, 2.05) is 32.0 Å². The molecule has 154 valence electrons. The Balaban J connectivity index is 1.57. The lowest BCUT2D eigenvalue weighted by molar-refractivity contribution is 0.102. The van der Waals surface area contributed by atoms with Gasteiger partial charge in [0.15, 0.2) is 0 Å². The highest BCUT2D eigenvalue weighted by Gasteiger charge is 2.32. The number of rotatable bonds is 4. The van der Waals surface area contributed by atoms with Gasteiger partial charge in [-0.15, -0.1) is 0 Å². The second kappa shape index (κ2) is 7.84. The molecule has 3 aromatic rings. The molecule has 7 heteroatoms. The molecule has 0 spiro atoms. The number of benzene rings is 3. The zero-order valence-electron chi connectivity index (χ0n) is 16.7.